The number of rotatable bonds is 4. The molecule has 80 valence electrons. The molecule has 2 aromatic heterocycles. The van der Waals surface area contributed by atoms with Gasteiger partial charge in [-0.25, -0.2) is 4.98 Å². The van der Waals surface area contributed by atoms with Crippen LogP contribution in [0.1, 0.15) is 17.1 Å². The number of aromatic nitrogens is 3. The molecule has 5 nitrogen and oxygen atoms in total. The largest absolute Gasteiger partial charge is 0.361 e. The van der Waals surface area contributed by atoms with E-state index >= 15 is 0 Å². The van der Waals surface area contributed by atoms with Crippen molar-refractivity contribution in [2.75, 3.05) is 0 Å². The molecule has 0 spiro atoms. The second-order valence-electron chi connectivity index (χ2n) is 3.53. The molecule has 2 rings (SSSR count). The van der Waals surface area contributed by atoms with Crippen molar-refractivity contribution in [3.8, 4) is 0 Å². The minimum Gasteiger partial charge on any atom is -0.361 e. The number of aryl methyl sites for hydroxylation is 2. The molecule has 2 aromatic rings. The summed E-state index contributed by atoms with van der Waals surface area (Å²) in [5.74, 6) is 0.840. The van der Waals surface area contributed by atoms with Crippen molar-refractivity contribution in [1.82, 2.24) is 20.0 Å². The van der Waals surface area contributed by atoms with Crippen molar-refractivity contribution in [1.29, 1.82) is 0 Å². The average molecular weight is 206 g/mol. The Kier molecular flexibility index (Phi) is 2.82. The van der Waals surface area contributed by atoms with E-state index in [0.29, 0.717) is 6.54 Å². The van der Waals surface area contributed by atoms with Crippen LogP contribution in [-0.2, 0) is 20.1 Å². The van der Waals surface area contributed by atoms with Gasteiger partial charge in [-0.2, -0.15) is 0 Å². The molecule has 2 heterocycles. The predicted octanol–water partition coefficient (Wildman–Crippen LogP) is 1.01. The summed E-state index contributed by atoms with van der Waals surface area (Å²) < 4.78 is 6.96. The summed E-state index contributed by atoms with van der Waals surface area (Å²) in [5, 5.41) is 7.17. The normalized spacial score (nSPS) is 10.8. The lowest BCUT2D eigenvalue weighted by Crippen LogP contribution is -2.14. The predicted molar refractivity (Wildman–Crippen MR) is 55.0 cm³/mol. The average Bonchev–Trinajstić information content (AvgIpc) is 2.77. The first-order valence-corrected chi connectivity index (χ1v) is 4.84. The van der Waals surface area contributed by atoms with Crippen LogP contribution in [0.2, 0.25) is 0 Å². The maximum atomic E-state index is 4.97. The van der Waals surface area contributed by atoms with E-state index < -0.39 is 0 Å². The fourth-order valence-electron chi connectivity index (χ4n) is 1.37. The molecule has 1 N–H and O–H groups in total. The molecular formula is C10H14N4O. The molecule has 0 aliphatic heterocycles. The minimum absolute atomic E-state index is 0.711. The van der Waals surface area contributed by atoms with Crippen LogP contribution < -0.4 is 5.32 Å². The van der Waals surface area contributed by atoms with E-state index in [4.69, 9.17) is 4.52 Å². The van der Waals surface area contributed by atoms with Crippen molar-refractivity contribution in [3.63, 3.8) is 0 Å². The maximum Gasteiger partial charge on any atom is 0.133 e. The van der Waals surface area contributed by atoms with Crippen LogP contribution in [0.5, 0.6) is 0 Å². The van der Waals surface area contributed by atoms with E-state index in [1.807, 2.05) is 30.8 Å². The zero-order valence-electron chi connectivity index (χ0n) is 8.90. The van der Waals surface area contributed by atoms with Crippen molar-refractivity contribution < 1.29 is 4.52 Å². The quantitative estimate of drug-likeness (QED) is 0.811. The highest BCUT2D eigenvalue weighted by Crippen LogP contribution is 2.01. The second kappa shape index (κ2) is 4.27. The highest BCUT2D eigenvalue weighted by molar-refractivity contribution is 5.03. The summed E-state index contributed by atoms with van der Waals surface area (Å²) in [6, 6.07) is 1.93. The van der Waals surface area contributed by atoms with Gasteiger partial charge >= 0.3 is 0 Å². The summed E-state index contributed by atoms with van der Waals surface area (Å²) in [6.45, 7) is 3.38. The Morgan fingerprint density at radius 1 is 1.47 bits per heavy atom. The lowest BCUT2D eigenvalue weighted by molar-refractivity contribution is 0.388. The lowest BCUT2D eigenvalue weighted by Gasteiger charge is -2.02. The molecule has 0 aromatic carbocycles. The monoisotopic (exact) mass is 206 g/mol. The molecule has 0 atom stereocenters. The first-order chi connectivity index (χ1) is 7.25. The Bertz CT molecular complexity index is 432. The summed E-state index contributed by atoms with van der Waals surface area (Å²) in [6.07, 6.45) is 3.64. The van der Waals surface area contributed by atoms with Gasteiger partial charge < -0.3 is 14.4 Å². The Morgan fingerprint density at radius 3 is 2.93 bits per heavy atom. The van der Waals surface area contributed by atoms with E-state index in [0.717, 1.165) is 23.7 Å². The van der Waals surface area contributed by atoms with E-state index in [1.54, 1.807) is 6.33 Å². The van der Waals surface area contributed by atoms with Gasteiger partial charge in [-0.05, 0) is 6.92 Å². The van der Waals surface area contributed by atoms with Gasteiger partial charge in [0.05, 0.1) is 17.7 Å². The van der Waals surface area contributed by atoms with E-state index in [2.05, 4.69) is 15.5 Å². The SMILES string of the molecule is Cc1cc(CNCc2cncn2C)no1. The van der Waals surface area contributed by atoms with Gasteiger partial charge in [0.15, 0.2) is 0 Å². The minimum atomic E-state index is 0.711. The number of hydrogen-bond donors (Lipinski definition) is 1. The molecule has 5 heteroatoms. The van der Waals surface area contributed by atoms with Crippen molar-refractivity contribution in [2.24, 2.45) is 7.05 Å². The summed E-state index contributed by atoms with van der Waals surface area (Å²) >= 11 is 0. The molecule has 0 aliphatic rings. The molecule has 15 heavy (non-hydrogen) atoms. The van der Waals surface area contributed by atoms with Gasteiger partial charge in [0.1, 0.15) is 5.76 Å². The van der Waals surface area contributed by atoms with Gasteiger partial charge in [-0.15, -0.1) is 0 Å². The molecule has 0 fully saturated rings. The van der Waals surface area contributed by atoms with Gasteiger partial charge in [0, 0.05) is 32.4 Å². The Balaban J connectivity index is 1.83. The second-order valence-corrected chi connectivity index (χ2v) is 3.53. The third kappa shape index (κ3) is 2.44. The standard InChI is InChI=1S/C10H14N4O/c1-8-3-9(13-15-8)4-11-5-10-6-12-7-14(10)2/h3,6-7,11H,4-5H2,1-2H3. The number of nitrogens with one attached hydrogen (secondary N) is 1. The van der Waals surface area contributed by atoms with Crippen LogP contribution in [0, 0.1) is 6.92 Å². The molecule has 0 radical (unpaired) electrons. The molecule has 0 aliphatic carbocycles. The molecule has 0 saturated heterocycles. The third-order valence-electron chi connectivity index (χ3n) is 2.21. The van der Waals surface area contributed by atoms with Crippen molar-refractivity contribution in [2.45, 2.75) is 20.0 Å². The zero-order valence-corrected chi connectivity index (χ0v) is 8.90. The molecule has 0 amide bonds. The van der Waals surface area contributed by atoms with Crippen LogP contribution in [0.3, 0.4) is 0 Å². The summed E-state index contributed by atoms with van der Waals surface area (Å²) in [5.41, 5.74) is 2.07. The van der Waals surface area contributed by atoms with Crippen molar-refractivity contribution in [3.05, 3.63) is 35.7 Å². The highest BCUT2D eigenvalue weighted by Gasteiger charge is 2.01. The zero-order chi connectivity index (χ0) is 10.7. The summed E-state index contributed by atoms with van der Waals surface area (Å²) in [4.78, 5) is 4.04. The molecule has 0 saturated carbocycles. The van der Waals surface area contributed by atoms with E-state index in [1.165, 1.54) is 0 Å². The fourth-order valence-corrected chi connectivity index (χ4v) is 1.37. The fraction of sp³-hybridized carbons (Fsp3) is 0.400. The Labute approximate surface area is 88.1 Å². The maximum absolute atomic E-state index is 4.97. The molecule has 0 bridgehead atoms. The van der Waals surface area contributed by atoms with Crippen molar-refractivity contribution >= 4 is 0 Å². The van der Waals surface area contributed by atoms with Gasteiger partial charge in [-0.1, -0.05) is 5.16 Å². The Morgan fingerprint density at radius 2 is 2.33 bits per heavy atom. The lowest BCUT2D eigenvalue weighted by atomic mass is 10.3. The van der Waals surface area contributed by atoms with E-state index in [-0.39, 0.29) is 0 Å². The number of hydrogen-bond acceptors (Lipinski definition) is 4. The first-order valence-electron chi connectivity index (χ1n) is 4.84. The highest BCUT2D eigenvalue weighted by atomic mass is 16.5. The van der Waals surface area contributed by atoms with Gasteiger partial charge in [-0.3, -0.25) is 0 Å². The number of nitrogens with zero attached hydrogens (tertiary/aromatic N) is 3. The molecule has 0 unspecified atom stereocenters. The third-order valence-corrected chi connectivity index (χ3v) is 2.21. The van der Waals surface area contributed by atoms with Crippen LogP contribution >= 0.6 is 0 Å². The van der Waals surface area contributed by atoms with Crippen LogP contribution in [0.25, 0.3) is 0 Å². The van der Waals surface area contributed by atoms with Gasteiger partial charge in [0.25, 0.3) is 0 Å². The van der Waals surface area contributed by atoms with E-state index in [9.17, 15) is 0 Å². The van der Waals surface area contributed by atoms with Crippen LogP contribution in [0.4, 0.5) is 0 Å². The Hall–Kier alpha value is -1.62. The summed E-state index contributed by atoms with van der Waals surface area (Å²) in [7, 11) is 1.98. The topological polar surface area (TPSA) is 55.9 Å². The van der Waals surface area contributed by atoms with Crippen LogP contribution in [0.15, 0.2) is 23.1 Å². The van der Waals surface area contributed by atoms with Crippen LogP contribution in [-0.4, -0.2) is 14.7 Å². The van der Waals surface area contributed by atoms with Gasteiger partial charge in [0.2, 0.25) is 0 Å². The smallest absolute Gasteiger partial charge is 0.133 e. The first kappa shape index (κ1) is 9.92. The molecular weight excluding hydrogens is 192 g/mol. The number of imidazole rings is 1.